The SMILES string of the molecule is O=c1c2nnn(Cc3cccc(Cl)c3)c2ncn1Cc1nc(-c2ccc(F)cc2)no1. The average molecular weight is 438 g/mol. The molecule has 0 radical (unpaired) electrons. The number of nitrogens with zero attached hydrogens (tertiary/aromatic N) is 7. The molecule has 9 nitrogen and oxygen atoms in total. The van der Waals surface area contributed by atoms with E-state index in [-0.39, 0.29) is 29.3 Å². The highest BCUT2D eigenvalue weighted by molar-refractivity contribution is 6.30. The first kappa shape index (κ1) is 19.1. The lowest BCUT2D eigenvalue weighted by Crippen LogP contribution is -2.21. The summed E-state index contributed by atoms with van der Waals surface area (Å²) in [5.74, 6) is 0.139. The highest BCUT2D eigenvalue weighted by atomic mass is 35.5. The fourth-order valence-corrected chi connectivity index (χ4v) is 3.31. The van der Waals surface area contributed by atoms with Crippen molar-refractivity contribution in [2.45, 2.75) is 13.1 Å². The Labute approximate surface area is 178 Å². The summed E-state index contributed by atoms with van der Waals surface area (Å²) in [7, 11) is 0. The lowest BCUT2D eigenvalue weighted by Gasteiger charge is -2.04. The molecule has 5 rings (SSSR count). The standard InChI is InChI=1S/C20H13ClFN7O2/c21-14-3-1-2-12(8-14)9-29-19-17(25-27-29)20(30)28(11-23-19)10-16-24-18(26-31-16)13-4-6-15(22)7-5-13/h1-8,11H,9-10H2. The minimum atomic E-state index is -0.385. The molecule has 0 bridgehead atoms. The Morgan fingerprint density at radius 3 is 2.74 bits per heavy atom. The van der Waals surface area contributed by atoms with Gasteiger partial charge in [-0.2, -0.15) is 4.98 Å². The minimum Gasteiger partial charge on any atom is -0.337 e. The molecule has 154 valence electrons. The van der Waals surface area contributed by atoms with Crippen LogP contribution in [-0.4, -0.2) is 34.7 Å². The molecule has 5 aromatic rings. The maximum Gasteiger partial charge on any atom is 0.283 e. The molecular weight excluding hydrogens is 425 g/mol. The van der Waals surface area contributed by atoms with Gasteiger partial charge in [-0.05, 0) is 42.0 Å². The highest BCUT2D eigenvalue weighted by Crippen LogP contribution is 2.17. The van der Waals surface area contributed by atoms with Crippen molar-refractivity contribution in [3.05, 3.63) is 87.5 Å². The number of benzene rings is 2. The lowest BCUT2D eigenvalue weighted by molar-refractivity contribution is 0.369. The van der Waals surface area contributed by atoms with E-state index >= 15 is 0 Å². The predicted molar refractivity (Wildman–Crippen MR) is 109 cm³/mol. The third kappa shape index (κ3) is 3.80. The van der Waals surface area contributed by atoms with E-state index in [0.29, 0.717) is 28.6 Å². The summed E-state index contributed by atoms with van der Waals surface area (Å²) >= 11 is 6.02. The Bertz CT molecular complexity index is 1440. The zero-order chi connectivity index (χ0) is 21.4. The molecule has 0 fully saturated rings. The zero-order valence-electron chi connectivity index (χ0n) is 15.8. The van der Waals surface area contributed by atoms with Crippen molar-refractivity contribution in [3.63, 3.8) is 0 Å². The summed E-state index contributed by atoms with van der Waals surface area (Å²) in [6.45, 7) is 0.384. The van der Waals surface area contributed by atoms with Crippen LogP contribution < -0.4 is 5.56 Å². The molecule has 31 heavy (non-hydrogen) atoms. The van der Waals surface area contributed by atoms with Crippen LogP contribution in [0.2, 0.25) is 5.02 Å². The van der Waals surface area contributed by atoms with E-state index in [2.05, 4.69) is 25.4 Å². The number of fused-ring (bicyclic) bond motifs is 1. The molecule has 0 aliphatic heterocycles. The molecule has 3 aromatic heterocycles. The summed E-state index contributed by atoms with van der Waals surface area (Å²) in [6.07, 6.45) is 1.38. The third-order valence-electron chi connectivity index (χ3n) is 4.59. The van der Waals surface area contributed by atoms with Crippen LogP contribution in [0, 0.1) is 5.82 Å². The summed E-state index contributed by atoms with van der Waals surface area (Å²) in [6, 6.07) is 13.0. The Hall–Kier alpha value is -3.92. The van der Waals surface area contributed by atoms with Gasteiger partial charge in [-0.25, -0.2) is 14.1 Å². The molecule has 3 heterocycles. The van der Waals surface area contributed by atoms with Crippen LogP contribution in [0.15, 0.2) is 64.2 Å². The van der Waals surface area contributed by atoms with Gasteiger partial charge in [0.15, 0.2) is 11.2 Å². The van der Waals surface area contributed by atoms with Crippen molar-refractivity contribution in [1.29, 1.82) is 0 Å². The van der Waals surface area contributed by atoms with E-state index < -0.39 is 0 Å². The summed E-state index contributed by atoms with van der Waals surface area (Å²) in [5.41, 5.74) is 1.61. The maximum absolute atomic E-state index is 13.1. The summed E-state index contributed by atoms with van der Waals surface area (Å²) in [5, 5.41) is 12.5. The van der Waals surface area contributed by atoms with Gasteiger partial charge < -0.3 is 4.52 Å². The summed E-state index contributed by atoms with van der Waals surface area (Å²) in [4.78, 5) is 21.4. The van der Waals surface area contributed by atoms with Crippen LogP contribution in [-0.2, 0) is 13.1 Å². The Kier molecular flexibility index (Phi) is 4.75. The van der Waals surface area contributed by atoms with Crippen LogP contribution >= 0.6 is 11.6 Å². The molecule has 0 unspecified atom stereocenters. The highest BCUT2D eigenvalue weighted by Gasteiger charge is 2.15. The quantitative estimate of drug-likeness (QED) is 0.416. The first-order chi connectivity index (χ1) is 15.1. The Morgan fingerprint density at radius 2 is 1.94 bits per heavy atom. The van der Waals surface area contributed by atoms with Crippen LogP contribution in [0.4, 0.5) is 4.39 Å². The van der Waals surface area contributed by atoms with Gasteiger partial charge >= 0.3 is 0 Å². The van der Waals surface area contributed by atoms with Crippen LogP contribution in [0.5, 0.6) is 0 Å². The normalized spacial score (nSPS) is 11.3. The van der Waals surface area contributed by atoms with Crippen molar-refractivity contribution in [2.75, 3.05) is 0 Å². The summed E-state index contributed by atoms with van der Waals surface area (Å²) < 4.78 is 21.1. The fourth-order valence-electron chi connectivity index (χ4n) is 3.10. The van der Waals surface area contributed by atoms with E-state index in [1.165, 1.54) is 27.7 Å². The molecule has 0 aliphatic carbocycles. The molecular formula is C20H13ClFN7O2. The van der Waals surface area contributed by atoms with Gasteiger partial charge in [0.1, 0.15) is 18.7 Å². The van der Waals surface area contributed by atoms with Gasteiger partial charge in [-0.15, -0.1) is 5.10 Å². The smallest absolute Gasteiger partial charge is 0.283 e. The van der Waals surface area contributed by atoms with Crippen molar-refractivity contribution >= 4 is 22.8 Å². The molecule has 0 spiro atoms. The monoisotopic (exact) mass is 437 g/mol. The van der Waals surface area contributed by atoms with Crippen LogP contribution in [0.25, 0.3) is 22.6 Å². The van der Waals surface area contributed by atoms with Gasteiger partial charge in [-0.3, -0.25) is 9.36 Å². The average Bonchev–Trinajstić information content (AvgIpc) is 3.39. The number of hydrogen-bond acceptors (Lipinski definition) is 7. The largest absolute Gasteiger partial charge is 0.337 e. The van der Waals surface area contributed by atoms with Gasteiger partial charge in [-0.1, -0.05) is 34.1 Å². The molecule has 0 saturated heterocycles. The van der Waals surface area contributed by atoms with E-state index in [1.54, 1.807) is 18.2 Å². The van der Waals surface area contributed by atoms with Crippen molar-refractivity contribution < 1.29 is 8.91 Å². The van der Waals surface area contributed by atoms with Gasteiger partial charge in [0.05, 0.1) is 6.54 Å². The van der Waals surface area contributed by atoms with Crippen LogP contribution in [0.3, 0.4) is 0 Å². The maximum atomic E-state index is 13.1. The molecule has 0 saturated carbocycles. The molecule has 0 atom stereocenters. The zero-order valence-corrected chi connectivity index (χ0v) is 16.6. The van der Waals surface area contributed by atoms with Crippen molar-refractivity contribution in [3.8, 4) is 11.4 Å². The second-order valence-electron chi connectivity index (χ2n) is 6.75. The first-order valence-electron chi connectivity index (χ1n) is 9.18. The van der Waals surface area contributed by atoms with Gasteiger partial charge in [0.2, 0.25) is 11.7 Å². The van der Waals surface area contributed by atoms with E-state index in [9.17, 15) is 9.18 Å². The van der Waals surface area contributed by atoms with E-state index in [1.807, 2.05) is 18.2 Å². The minimum absolute atomic E-state index is 0.0110. The second kappa shape index (κ2) is 7.73. The number of rotatable bonds is 5. The first-order valence-corrected chi connectivity index (χ1v) is 9.56. The number of halogens is 2. The third-order valence-corrected chi connectivity index (χ3v) is 4.82. The predicted octanol–water partition coefficient (Wildman–Crippen LogP) is 2.93. The van der Waals surface area contributed by atoms with E-state index in [0.717, 1.165) is 5.56 Å². The second-order valence-corrected chi connectivity index (χ2v) is 7.18. The topological polar surface area (TPSA) is 105 Å². The Morgan fingerprint density at radius 1 is 1.10 bits per heavy atom. The van der Waals surface area contributed by atoms with Gasteiger partial charge in [0.25, 0.3) is 5.56 Å². The number of hydrogen-bond donors (Lipinski definition) is 0. The van der Waals surface area contributed by atoms with Crippen LogP contribution in [0.1, 0.15) is 11.5 Å². The Balaban J connectivity index is 1.41. The van der Waals surface area contributed by atoms with Gasteiger partial charge in [0, 0.05) is 10.6 Å². The fraction of sp³-hybridized carbons (Fsp3) is 0.100. The molecule has 0 N–H and O–H groups in total. The lowest BCUT2D eigenvalue weighted by atomic mass is 10.2. The number of aromatic nitrogens is 7. The van der Waals surface area contributed by atoms with E-state index in [4.69, 9.17) is 16.1 Å². The molecule has 0 amide bonds. The van der Waals surface area contributed by atoms with Crippen molar-refractivity contribution in [2.24, 2.45) is 0 Å². The molecule has 2 aromatic carbocycles. The molecule has 11 heteroatoms. The van der Waals surface area contributed by atoms with Crippen molar-refractivity contribution in [1.82, 2.24) is 34.7 Å². The molecule has 0 aliphatic rings.